The van der Waals surface area contributed by atoms with Gasteiger partial charge in [-0.15, -0.1) is 4.90 Å². The van der Waals surface area contributed by atoms with Gasteiger partial charge in [-0.1, -0.05) is 0 Å². The fourth-order valence-corrected chi connectivity index (χ4v) is 0.400. The van der Waals surface area contributed by atoms with Crippen molar-refractivity contribution in [3.63, 3.8) is 0 Å². The number of rotatable bonds is 0. The SMILES string of the molecule is CN(C)C(=N)[N+](C)C. The maximum Gasteiger partial charge on any atom is 0.345 e. The first-order valence-electron chi connectivity index (χ1n) is 2.49. The zero-order chi connectivity index (χ0) is 6.73. The minimum absolute atomic E-state index is 0.519. The van der Waals surface area contributed by atoms with Gasteiger partial charge in [0.2, 0.25) is 0 Å². The van der Waals surface area contributed by atoms with Crippen LogP contribution in [0, 0.1) is 5.41 Å². The van der Waals surface area contributed by atoms with Gasteiger partial charge in [0.1, 0.15) is 14.1 Å². The van der Waals surface area contributed by atoms with Crippen molar-refractivity contribution in [1.82, 2.24) is 9.80 Å². The molecule has 0 aromatic heterocycles. The molecule has 1 radical (unpaired) electrons. The Balaban J connectivity index is 3.65. The normalized spacial score (nSPS) is 9.62. The van der Waals surface area contributed by atoms with E-state index in [-0.39, 0.29) is 0 Å². The zero-order valence-electron chi connectivity index (χ0n) is 5.89. The highest BCUT2D eigenvalue weighted by Crippen LogP contribution is 1.77. The standard InChI is InChI=1S/C5H13N3/c1-7(2)5(6)8(3)4/h6H,1-4H3/q+1. The molecule has 0 saturated carbocycles. The van der Waals surface area contributed by atoms with Gasteiger partial charge in [0.15, 0.2) is 0 Å². The van der Waals surface area contributed by atoms with Gasteiger partial charge in [0.05, 0.1) is 0 Å². The molecule has 0 bridgehead atoms. The van der Waals surface area contributed by atoms with Crippen LogP contribution in [0.5, 0.6) is 0 Å². The first-order chi connectivity index (χ1) is 3.55. The number of guanidine groups is 1. The van der Waals surface area contributed by atoms with E-state index < -0.39 is 0 Å². The van der Waals surface area contributed by atoms with Crippen molar-refractivity contribution >= 4 is 5.96 Å². The molecule has 0 aliphatic heterocycles. The second kappa shape index (κ2) is 2.67. The number of nitrogens with zero attached hydrogens (tertiary/aromatic N) is 2. The lowest BCUT2D eigenvalue weighted by Crippen LogP contribution is -2.38. The van der Waals surface area contributed by atoms with E-state index in [2.05, 4.69) is 0 Å². The smallest absolute Gasteiger partial charge is 0.313 e. The fourth-order valence-electron chi connectivity index (χ4n) is 0.400. The van der Waals surface area contributed by atoms with E-state index in [0.717, 1.165) is 0 Å². The first kappa shape index (κ1) is 7.43. The van der Waals surface area contributed by atoms with Crippen molar-refractivity contribution in [1.29, 1.82) is 5.41 Å². The molecule has 0 aromatic carbocycles. The second-order valence-corrected chi connectivity index (χ2v) is 2.11. The highest BCUT2D eigenvalue weighted by atomic mass is 15.3. The molecular formula is C5H13N3+. The van der Waals surface area contributed by atoms with Crippen LogP contribution in [0.25, 0.3) is 0 Å². The molecule has 0 aromatic rings. The Hall–Kier alpha value is -0.570. The second-order valence-electron chi connectivity index (χ2n) is 2.11. The van der Waals surface area contributed by atoms with Gasteiger partial charge in [-0.05, 0) is 0 Å². The Morgan fingerprint density at radius 3 is 1.75 bits per heavy atom. The average Bonchev–Trinajstić information content (AvgIpc) is 1.64. The lowest BCUT2D eigenvalue weighted by atomic mass is 10.7. The van der Waals surface area contributed by atoms with Crippen LogP contribution in [-0.2, 0) is 0 Å². The van der Waals surface area contributed by atoms with Crippen molar-refractivity contribution in [3.8, 4) is 0 Å². The molecule has 0 saturated heterocycles. The lowest BCUT2D eigenvalue weighted by molar-refractivity contribution is 0.547. The molecule has 0 aliphatic rings. The van der Waals surface area contributed by atoms with Gasteiger partial charge in [-0.2, -0.15) is 0 Å². The van der Waals surface area contributed by atoms with Crippen LogP contribution in [-0.4, -0.2) is 39.1 Å². The third-order valence-corrected chi connectivity index (χ3v) is 0.847. The Labute approximate surface area is 50.4 Å². The van der Waals surface area contributed by atoms with Crippen molar-refractivity contribution in [2.75, 3.05) is 28.2 Å². The number of nitrogens with one attached hydrogen (secondary N) is 1. The van der Waals surface area contributed by atoms with Crippen molar-refractivity contribution < 1.29 is 0 Å². The van der Waals surface area contributed by atoms with Gasteiger partial charge in [-0.25, -0.2) is 5.41 Å². The van der Waals surface area contributed by atoms with Gasteiger partial charge >= 0.3 is 5.96 Å². The summed E-state index contributed by atoms with van der Waals surface area (Å²) in [6, 6.07) is 0. The van der Waals surface area contributed by atoms with Crippen LogP contribution in [0.15, 0.2) is 0 Å². The van der Waals surface area contributed by atoms with E-state index in [1.165, 1.54) is 0 Å². The summed E-state index contributed by atoms with van der Waals surface area (Å²) in [4.78, 5) is 3.50. The Kier molecular flexibility index (Phi) is 2.48. The van der Waals surface area contributed by atoms with Crippen LogP contribution in [0.2, 0.25) is 0 Å². The van der Waals surface area contributed by atoms with E-state index in [4.69, 9.17) is 5.41 Å². The molecule has 8 heavy (non-hydrogen) atoms. The van der Waals surface area contributed by atoms with Crippen LogP contribution in [0.3, 0.4) is 0 Å². The quantitative estimate of drug-likeness (QED) is 0.266. The minimum Gasteiger partial charge on any atom is -0.313 e. The maximum absolute atomic E-state index is 7.25. The molecule has 0 fully saturated rings. The minimum atomic E-state index is 0.519. The molecule has 0 rings (SSSR count). The molecular weight excluding hydrogens is 102 g/mol. The predicted octanol–water partition coefficient (Wildman–Crippen LogP) is -0.118. The van der Waals surface area contributed by atoms with Gasteiger partial charge in [-0.3, -0.25) is 0 Å². The van der Waals surface area contributed by atoms with E-state index in [0.29, 0.717) is 5.96 Å². The summed E-state index contributed by atoms with van der Waals surface area (Å²) >= 11 is 0. The van der Waals surface area contributed by atoms with Crippen LogP contribution in [0.4, 0.5) is 0 Å². The average molecular weight is 115 g/mol. The molecule has 0 unspecified atom stereocenters. The molecule has 3 nitrogen and oxygen atoms in total. The number of hydrogen-bond donors (Lipinski definition) is 1. The third kappa shape index (κ3) is 1.93. The molecule has 1 N–H and O–H groups in total. The Morgan fingerprint density at radius 2 is 1.75 bits per heavy atom. The highest BCUT2D eigenvalue weighted by Gasteiger charge is 2.10. The summed E-state index contributed by atoms with van der Waals surface area (Å²) in [6.45, 7) is 0. The molecule has 0 aliphatic carbocycles. The summed E-state index contributed by atoms with van der Waals surface area (Å²) in [6.07, 6.45) is 0. The largest absolute Gasteiger partial charge is 0.345 e. The maximum atomic E-state index is 7.25. The van der Waals surface area contributed by atoms with Gasteiger partial charge < -0.3 is 4.90 Å². The summed E-state index contributed by atoms with van der Waals surface area (Å²) < 4.78 is 0. The summed E-state index contributed by atoms with van der Waals surface area (Å²) in [7, 11) is 7.40. The lowest BCUT2D eigenvalue weighted by Gasteiger charge is -2.08. The predicted molar refractivity (Wildman–Crippen MR) is 35.4 cm³/mol. The molecule has 0 heterocycles. The first-order valence-corrected chi connectivity index (χ1v) is 2.49. The van der Waals surface area contributed by atoms with E-state index in [1.807, 2.05) is 28.2 Å². The molecule has 0 spiro atoms. The summed E-state index contributed by atoms with van der Waals surface area (Å²) in [5.74, 6) is 0.519. The molecule has 3 heteroatoms. The fraction of sp³-hybridized carbons (Fsp3) is 0.800. The van der Waals surface area contributed by atoms with E-state index in [1.54, 1.807) is 9.80 Å². The monoisotopic (exact) mass is 115 g/mol. The van der Waals surface area contributed by atoms with Crippen LogP contribution < -0.4 is 4.90 Å². The van der Waals surface area contributed by atoms with Crippen LogP contribution >= 0.6 is 0 Å². The zero-order valence-corrected chi connectivity index (χ0v) is 5.89. The Morgan fingerprint density at radius 1 is 1.38 bits per heavy atom. The van der Waals surface area contributed by atoms with Gasteiger partial charge in [0, 0.05) is 14.1 Å². The van der Waals surface area contributed by atoms with E-state index >= 15 is 0 Å². The van der Waals surface area contributed by atoms with E-state index in [9.17, 15) is 0 Å². The molecule has 0 amide bonds. The van der Waals surface area contributed by atoms with Crippen LogP contribution in [0.1, 0.15) is 0 Å². The molecule has 0 atom stereocenters. The van der Waals surface area contributed by atoms with Crippen molar-refractivity contribution in [3.05, 3.63) is 0 Å². The summed E-state index contributed by atoms with van der Waals surface area (Å²) in [5, 5.41) is 7.25. The van der Waals surface area contributed by atoms with Gasteiger partial charge in [0.25, 0.3) is 0 Å². The summed E-state index contributed by atoms with van der Waals surface area (Å²) in [5.41, 5.74) is 0. The van der Waals surface area contributed by atoms with Crippen molar-refractivity contribution in [2.24, 2.45) is 0 Å². The topological polar surface area (TPSA) is 33.0 Å². The third-order valence-electron chi connectivity index (χ3n) is 0.847. The van der Waals surface area contributed by atoms with Crippen molar-refractivity contribution in [2.45, 2.75) is 0 Å². The highest BCUT2D eigenvalue weighted by molar-refractivity contribution is 5.77. The molecule has 47 valence electrons. The Bertz CT molecular complexity index is 75.7. The number of hydrogen-bond acceptors (Lipinski definition) is 1.